The van der Waals surface area contributed by atoms with Crippen molar-refractivity contribution >= 4 is 11.8 Å². The lowest BCUT2D eigenvalue weighted by Gasteiger charge is -2.33. The molecule has 2 heterocycles. The molecule has 1 atom stereocenters. The smallest absolute Gasteiger partial charge is 0.354 e. The highest BCUT2D eigenvalue weighted by Crippen LogP contribution is 2.27. The van der Waals surface area contributed by atoms with E-state index in [2.05, 4.69) is 15.3 Å². The molecule has 1 aromatic heterocycles. The summed E-state index contributed by atoms with van der Waals surface area (Å²) in [4.78, 5) is 32.9. The van der Waals surface area contributed by atoms with Gasteiger partial charge in [0.1, 0.15) is 17.6 Å². The zero-order valence-corrected chi connectivity index (χ0v) is 14.2. The maximum absolute atomic E-state index is 12.8. The van der Waals surface area contributed by atoms with Gasteiger partial charge in [-0.1, -0.05) is 0 Å². The van der Waals surface area contributed by atoms with Crippen molar-refractivity contribution in [2.45, 2.75) is 51.7 Å². The molecule has 0 unspecified atom stereocenters. The Labute approximate surface area is 143 Å². The van der Waals surface area contributed by atoms with Crippen LogP contribution in [0.3, 0.4) is 0 Å². The molecule has 138 valence electrons. The molecule has 0 spiro atoms. The van der Waals surface area contributed by atoms with Crippen LogP contribution in [0.5, 0.6) is 0 Å². The fourth-order valence-corrected chi connectivity index (χ4v) is 2.88. The molecular formula is C16H21F3N4O2. The van der Waals surface area contributed by atoms with Crippen LogP contribution in [-0.4, -0.2) is 45.8 Å². The second-order valence-electron chi connectivity index (χ2n) is 6.07. The fourth-order valence-electron chi connectivity index (χ4n) is 2.88. The number of piperidine rings is 1. The number of nitrogens with zero attached hydrogens (tertiary/aromatic N) is 3. The number of alkyl halides is 3. The first kappa shape index (κ1) is 19.1. The average Bonchev–Trinajstić information content (AvgIpc) is 2.53. The van der Waals surface area contributed by atoms with Crippen LogP contribution in [-0.2, 0) is 22.2 Å². The standard InChI is InChI=1S/C16H21F3N4O2/c1-10-9-13(16(17,18)19)22-14(21-10)6-7-20-15(25)12-5-3-4-8-23(12)11(2)24/h9,12H,3-8H2,1-2H3,(H,20,25)/t12-/m1/s1. The summed E-state index contributed by atoms with van der Waals surface area (Å²) in [6.07, 6.45) is -2.14. The maximum Gasteiger partial charge on any atom is 0.433 e. The summed E-state index contributed by atoms with van der Waals surface area (Å²) < 4.78 is 38.3. The number of hydrogen-bond donors (Lipinski definition) is 1. The third-order valence-corrected chi connectivity index (χ3v) is 4.05. The molecule has 0 aliphatic carbocycles. The first-order valence-corrected chi connectivity index (χ1v) is 8.15. The van der Waals surface area contributed by atoms with Crippen LogP contribution in [0.2, 0.25) is 0 Å². The first-order valence-electron chi connectivity index (χ1n) is 8.15. The number of carbonyl (C=O) groups is 2. The van der Waals surface area contributed by atoms with E-state index in [1.165, 1.54) is 18.7 Å². The van der Waals surface area contributed by atoms with Gasteiger partial charge in [0.25, 0.3) is 0 Å². The van der Waals surface area contributed by atoms with Crippen molar-refractivity contribution in [3.8, 4) is 0 Å². The Morgan fingerprint density at radius 2 is 2.04 bits per heavy atom. The van der Waals surface area contributed by atoms with Gasteiger partial charge in [0.05, 0.1) is 0 Å². The Hall–Kier alpha value is -2.19. The Morgan fingerprint density at radius 3 is 2.68 bits per heavy atom. The van der Waals surface area contributed by atoms with Crippen LogP contribution in [0.25, 0.3) is 0 Å². The molecule has 1 aromatic rings. The van der Waals surface area contributed by atoms with Gasteiger partial charge in [0.2, 0.25) is 11.8 Å². The summed E-state index contributed by atoms with van der Waals surface area (Å²) in [5, 5.41) is 2.67. The molecule has 0 bridgehead atoms. The van der Waals surface area contributed by atoms with Crippen LogP contribution < -0.4 is 5.32 Å². The van der Waals surface area contributed by atoms with E-state index in [4.69, 9.17) is 0 Å². The Bertz CT molecular complexity index is 649. The van der Waals surface area contributed by atoms with Crippen molar-refractivity contribution < 1.29 is 22.8 Å². The van der Waals surface area contributed by atoms with Gasteiger partial charge in [-0.3, -0.25) is 9.59 Å². The van der Waals surface area contributed by atoms with E-state index in [-0.39, 0.29) is 36.3 Å². The molecular weight excluding hydrogens is 337 g/mol. The van der Waals surface area contributed by atoms with Crippen molar-refractivity contribution in [2.75, 3.05) is 13.1 Å². The van der Waals surface area contributed by atoms with Crippen molar-refractivity contribution in [3.05, 3.63) is 23.3 Å². The van der Waals surface area contributed by atoms with Crippen molar-refractivity contribution in [1.82, 2.24) is 20.2 Å². The average molecular weight is 358 g/mol. The molecule has 1 N–H and O–H groups in total. The van der Waals surface area contributed by atoms with E-state index in [9.17, 15) is 22.8 Å². The van der Waals surface area contributed by atoms with E-state index in [1.54, 1.807) is 0 Å². The minimum atomic E-state index is -4.53. The molecule has 9 heteroatoms. The number of aromatic nitrogens is 2. The molecule has 2 rings (SSSR count). The van der Waals surface area contributed by atoms with Crippen molar-refractivity contribution in [3.63, 3.8) is 0 Å². The normalized spacial score (nSPS) is 18.1. The number of hydrogen-bond acceptors (Lipinski definition) is 4. The minimum Gasteiger partial charge on any atom is -0.354 e. The van der Waals surface area contributed by atoms with E-state index in [1.807, 2.05) is 0 Å². The lowest BCUT2D eigenvalue weighted by molar-refractivity contribution is -0.141. The van der Waals surface area contributed by atoms with Crippen molar-refractivity contribution in [1.29, 1.82) is 0 Å². The molecule has 0 aromatic carbocycles. The number of carbonyl (C=O) groups excluding carboxylic acids is 2. The van der Waals surface area contributed by atoms with Crippen LogP contribution in [0.15, 0.2) is 6.07 Å². The number of amides is 2. The summed E-state index contributed by atoms with van der Waals surface area (Å²) >= 11 is 0. The minimum absolute atomic E-state index is 0.0275. The zero-order valence-electron chi connectivity index (χ0n) is 14.2. The van der Waals surface area contributed by atoms with Crippen molar-refractivity contribution in [2.24, 2.45) is 0 Å². The lowest BCUT2D eigenvalue weighted by atomic mass is 10.0. The largest absolute Gasteiger partial charge is 0.433 e. The number of halogens is 3. The summed E-state index contributed by atoms with van der Waals surface area (Å²) in [5.74, 6) is -0.421. The number of likely N-dealkylation sites (tertiary alicyclic amines) is 1. The van der Waals surface area contributed by atoms with Crippen LogP contribution in [0, 0.1) is 6.92 Å². The van der Waals surface area contributed by atoms with Gasteiger partial charge in [-0.2, -0.15) is 13.2 Å². The highest BCUT2D eigenvalue weighted by Gasteiger charge is 2.33. The monoisotopic (exact) mass is 358 g/mol. The van der Waals surface area contributed by atoms with Gasteiger partial charge in [-0.05, 0) is 32.3 Å². The third kappa shape index (κ3) is 5.14. The third-order valence-electron chi connectivity index (χ3n) is 4.05. The molecule has 1 fully saturated rings. The summed E-state index contributed by atoms with van der Waals surface area (Å²) in [7, 11) is 0. The number of rotatable bonds is 4. The summed E-state index contributed by atoms with van der Waals surface area (Å²) in [6.45, 7) is 3.54. The first-order chi connectivity index (χ1) is 11.7. The summed E-state index contributed by atoms with van der Waals surface area (Å²) in [6, 6.07) is 0.366. The SMILES string of the molecule is CC(=O)N1CCCC[C@@H]1C(=O)NCCc1nc(C)cc(C(F)(F)F)n1. The Morgan fingerprint density at radius 1 is 1.32 bits per heavy atom. The van der Waals surface area contributed by atoms with Gasteiger partial charge < -0.3 is 10.2 Å². The number of nitrogens with one attached hydrogen (secondary N) is 1. The van der Waals surface area contributed by atoms with Gasteiger partial charge in [-0.15, -0.1) is 0 Å². The topological polar surface area (TPSA) is 75.2 Å². The quantitative estimate of drug-likeness (QED) is 0.892. The Kier molecular flexibility index (Phi) is 5.97. The Balaban J connectivity index is 1.95. The van der Waals surface area contributed by atoms with Gasteiger partial charge in [0.15, 0.2) is 0 Å². The molecule has 25 heavy (non-hydrogen) atoms. The van der Waals surface area contributed by atoms with Gasteiger partial charge >= 0.3 is 6.18 Å². The van der Waals surface area contributed by atoms with Gasteiger partial charge in [-0.25, -0.2) is 9.97 Å². The maximum atomic E-state index is 12.8. The van der Waals surface area contributed by atoms with E-state index in [0.29, 0.717) is 13.0 Å². The molecule has 6 nitrogen and oxygen atoms in total. The van der Waals surface area contributed by atoms with E-state index < -0.39 is 17.9 Å². The zero-order chi connectivity index (χ0) is 18.6. The molecule has 1 aliphatic rings. The number of aryl methyl sites for hydroxylation is 1. The van der Waals surface area contributed by atoms with Gasteiger partial charge in [0, 0.05) is 32.1 Å². The second-order valence-corrected chi connectivity index (χ2v) is 6.07. The second kappa shape index (κ2) is 7.79. The highest BCUT2D eigenvalue weighted by atomic mass is 19.4. The fraction of sp³-hybridized carbons (Fsp3) is 0.625. The molecule has 0 radical (unpaired) electrons. The molecule has 0 saturated carbocycles. The molecule has 1 saturated heterocycles. The summed E-state index contributed by atoms with van der Waals surface area (Å²) in [5.41, 5.74) is -0.768. The van der Waals surface area contributed by atoms with Crippen LogP contribution >= 0.6 is 0 Å². The van der Waals surface area contributed by atoms with Crippen LogP contribution in [0.4, 0.5) is 13.2 Å². The predicted molar refractivity (Wildman–Crippen MR) is 83.5 cm³/mol. The van der Waals surface area contributed by atoms with E-state index >= 15 is 0 Å². The van der Waals surface area contributed by atoms with Crippen LogP contribution in [0.1, 0.15) is 43.4 Å². The molecule has 2 amide bonds. The predicted octanol–water partition coefficient (Wildman–Crippen LogP) is 1.86. The van der Waals surface area contributed by atoms with E-state index in [0.717, 1.165) is 18.9 Å². The molecule has 1 aliphatic heterocycles. The lowest BCUT2D eigenvalue weighted by Crippen LogP contribution is -2.51. The highest BCUT2D eigenvalue weighted by molar-refractivity contribution is 5.87.